The van der Waals surface area contributed by atoms with Gasteiger partial charge in [-0.2, -0.15) is 0 Å². The van der Waals surface area contributed by atoms with Gasteiger partial charge in [0, 0.05) is 24.0 Å². The van der Waals surface area contributed by atoms with Crippen LogP contribution in [0.15, 0.2) is 40.7 Å². The van der Waals surface area contributed by atoms with Gasteiger partial charge in [-0.1, -0.05) is 6.08 Å². The first-order valence-electron chi connectivity index (χ1n) is 6.20. The number of carbonyl (C=O) groups excluding carboxylic acids is 1. The van der Waals surface area contributed by atoms with Crippen molar-refractivity contribution in [3.8, 4) is 11.5 Å². The molecule has 108 valence electrons. The molecule has 3 aliphatic heterocycles. The van der Waals surface area contributed by atoms with Crippen LogP contribution < -0.4 is 25.8 Å². The second kappa shape index (κ2) is 4.82. The Kier molecular flexibility index (Phi) is 3.10. The third-order valence-corrected chi connectivity index (χ3v) is 3.41. The van der Waals surface area contributed by atoms with Crippen molar-refractivity contribution < 1.29 is 14.3 Å². The van der Waals surface area contributed by atoms with Crippen molar-refractivity contribution in [3.05, 3.63) is 46.3 Å². The van der Waals surface area contributed by atoms with Crippen LogP contribution >= 0.6 is 12.4 Å². The Bertz CT molecular complexity index is 813. The lowest BCUT2D eigenvalue weighted by atomic mass is 10.1. The molecule has 2 N–H and O–H groups in total. The SMILES string of the molecule is Cl.NC(=O)C1=C2N=c3cc4c(cc3=CN2CC=C1)OCO4. The van der Waals surface area contributed by atoms with Crippen molar-refractivity contribution in [1.82, 2.24) is 4.90 Å². The fraction of sp³-hybridized carbons (Fsp3) is 0.143. The number of nitrogens with two attached hydrogens (primary N) is 1. The van der Waals surface area contributed by atoms with Crippen molar-refractivity contribution in [3.63, 3.8) is 0 Å². The van der Waals surface area contributed by atoms with E-state index in [1.807, 2.05) is 29.3 Å². The molecular formula is C14H12ClN3O3. The summed E-state index contributed by atoms with van der Waals surface area (Å²) < 4.78 is 10.7. The van der Waals surface area contributed by atoms with Gasteiger partial charge in [0.25, 0.3) is 5.91 Å². The minimum absolute atomic E-state index is 0. The standard InChI is InChI=1S/C14H11N3O3.ClH/c15-13(18)9-2-1-3-17-6-8-4-11-12(20-7-19-11)5-10(8)16-14(9)17;/h1-2,4-6H,3,7H2,(H2,15,18);1H. The Morgan fingerprint density at radius 2 is 2.05 bits per heavy atom. The van der Waals surface area contributed by atoms with E-state index in [9.17, 15) is 4.79 Å². The lowest BCUT2D eigenvalue weighted by molar-refractivity contribution is -0.114. The summed E-state index contributed by atoms with van der Waals surface area (Å²) in [6, 6.07) is 3.70. The largest absolute Gasteiger partial charge is 0.454 e. The van der Waals surface area contributed by atoms with Crippen molar-refractivity contribution in [2.45, 2.75) is 0 Å². The van der Waals surface area contributed by atoms with E-state index in [4.69, 9.17) is 15.2 Å². The van der Waals surface area contributed by atoms with Gasteiger partial charge in [0.15, 0.2) is 11.5 Å². The predicted molar refractivity (Wildman–Crippen MR) is 77.1 cm³/mol. The summed E-state index contributed by atoms with van der Waals surface area (Å²) in [5.41, 5.74) is 5.80. The molecule has 1 aromatic rings. The highest BCUT2D eigenvalue weighted by Gasteiger charge is 2.22. The van der Waals surface area contributed by atoms with Crippen LogP contribution in [0, 0.1) is 0 Å². The smallest absolute Gasteiger partial charge is 0.252 e. The highest BCUT2D eigenvalue weighted by molar-refractivity contribution is 5.96. The normalized spacial score (nSPS) is 17.2. The first kappa shape index (κ1) is 13.5. The van der Waals surface area contributed by atoms with Gasteiger partial charge in [-0.15, -0.1) is 12.4 Å². The Hall–Kier alpha value is -2.47. The molecule has 0 saturated carbocycles. The molecule has 0 unspecified atom stereocenters. The maximum absolute atomic E-state index is 11.5. The number of hydrogen-bond donors (Lipinski definition) is 1. The number of carbonyl (C=O) groups is 1. The molecule has 0 aliphatic carbocycles. The number of halogens is 1. The van der Waals surface area contributed by atoms with E-state index in [1.54, 1.807) is 6.08 Å². The zero-order chi connectivity index (χ0) is 13.7. The minimum atomic E-state index is -0.484. The fourth-order valence-electron chi connectivity index (χ4n) is 2.46. The number of rotatable bonds is 1. The van der Waals surface area contributed by atoms with E-state index in [0.717, 1.165) is 10.6 Å². The van der Waals surface area contributed by atoms with E-state index in [2.05, 4.69) is 4.99 Å². The van der Waals surface area contributed by atoms with Crippen LogP contribution in [-0.2, 0) is 4.79 Å². The number of benzene rings is 1. The summed E-state index contributed by atoms with van der Waals surface area (Å²) in [4.78, 5) is 17.9. The highest BCUT2D eigenvalue weighted by Crippen LogP contribution is 2.29. The van der Waals surface area contributed by atoms with Gasteiger partial charge < -0.3 is 20.1 Å². The summed E-state index contributed by atoms with van der Waals surface area (Å²) >= 11 is 0. The van der Waals surface area contributed by atoms with Crippen molar-refractivity contribution in [2.75, 3.05) is 13.3 Å². The predicted octanol–water partition coefficient (Wildman–Crippen LogP) is -0.223. The van der Waals surface area contributed by atoms with E-state index in [0.29, 0.717) is 29.4 Å². The summed E-state index contributed by atoms with van der Waals surface area (Å²) in [5, 5.41) is 1.67. The number of amides is 1. The molecule has 4 rings (SSSR count). The van der Waals surface area contributed by atoms with Crippen LogP contribution in [0.2, 0.25) is 0 Å². The third-order valence-electron chi connectivity index (χ3n) is 3.41. The van der Waals surface area contributed by atoms with Crippen molar-refractivity contribution >= 4 is 24.5 Å². The van der Waals surface area contributed by atoms with E-state index >= 15 is 0 Å². The molecule has 0 bridgehead atoms. The Labute approximate surface area is 126 Å². The molecule has 7 heteroatoms. The minimum Gasteiger partial charge on any atom is -0.454 e. The summed E-state index contributed by atoms with van der Waals surface area (Å²) in [6.07, 6.45) is 5.53. The van der Waals surface area contributed by atoms with Gasteiger partial charge in [-0.3, -0.25) is 4.79 Å². The third kappa shape index (κ3) is 2.04. The molecule has 3 aliphatic rings. The average molecular weight is 306 g/mol. The van der Waals surface area contributed by atoms with Crippen LogP contribution in [0.5, 0.6) is 11.5 Å². The average Bonchev–Trinajstić information content (AvgIpc) is 2.88. The van der Waals surface area contributed by atoms with Crippen LogP contribution in [-0.4, -0.2) is 24.1 Å². The molecule has 0 spiro atoms. The second-order valence-corrected chi connectivity index (χ2v) is 4.66. The number of fused-ring (bicyclic) bond motifs is 3. The molecule has 1 amide bonds. The fourth-order valence-corrected chi connectivity index (χ4v) is 2.46. The Morgan fingerprint density at radius 3 is 2.81 bits per heavy atom. The molecule has 3 heterocycles. The maximum atomic E-state index is 11.5. The number of ether oxygens (including phenoxy) is 2. The number of hydrogen-bond acceptors (Lipinski definition) is 5. The zero-order valence-electron chi connectivity index (χ0n) is 10.9. The maximum Gasteiger partial charge on any atom is 0.252 e. The number of nitrogens with zero attached hydrogens (tertiary/aromatic N) is 2. The second-order valence-electron chi connectivity index (χ2n) is 4.66. The summed E-state index contributed by atoms with van der Waals surface area (Å²) in [6.45, 7) is 0.877. The van der Waals surface area contributed by atoms with E-state index < -0.39 is 5.91 Å². The lowest BCUT2D eigenvalue weighted by Crippen LogP contribution is -2.37. The zero-order valence-corrected chi connectivity index (χ0v) is 11.7. The molecule has 0 fully saturated rings. The molecule has 1 aromatic carbocycles. The Balaban J connectivity index is 0.00000132. The van der Waals surface area contributed by atoms with E-state index in [1.165, 1.54) is 0 Å². The Morgan fingerprint density at radius 1 is 1.29 bits per heavy atom. The summed E-state index contributed by atoms with van der Waals surface area (Å²) in [5.74, 6) is 1.47. The van der Waals surface area contributed by atoms with E-state index in [-0.39, 0.29) is 19.2 Å². The lowest BCUT2D eigenvalue weighted by Gasteiger charge is -2.26. The summed E-state index contributed by atoms with van der Waals surface area (Å²) in [7, 11) is 0. The molecule has 0 saturated heterocycles. The van der Waals surface area contributed by atoms with Gasteiger partial charge in [-0.25, -0.2) is 4.99 Å². The molecule has 0 radical (unpaired) electrons. The van der Waals surface area contributed by atoms with Crippen molar-refractivity contribution in [2.24, 2.45) is 10.7 Å². The molecule has 0 aromatic heterocycles. The molecule has 6 nitrogen and oxygen atoms in total. The topological polar surface area (TPSA) is 77.2 Å². The first-order chi connectivity index (χ1) is 9.72. The van der Waals surface area contributed by atoms with Crippen LogP contribution in [0.3, 0.4) is 0 Å². The van der Waals surface area contributed by atoms with Crippen molar-refractivity contribution in [1.29, 1.82) is 0 Å². The molecular weight excluding hydrogens is 294 g/mol. The van der Waals surface area contributed by atoms with Gasteiger partial charge in [0.2, 0.25) is 6.79 Å². The highest BCUT2D eigenvalue weighted by atomic mass is 35.5. The van der Waals surface area contributed by atoms with Gasteiger partial charge in [0.1, 0.15) is 5.82 Å². The quantitative estimate of drug-likeness (QED) is 0.778. The monoisotopic (exact) mass is 305 g/mol. The van der Waals surface area contributed by atoms with Crippen LogP contribution in [0.1, 0.15) is 0 Å². The molecule has 21 heavy (non-hydrogen) atoms. The van der Waals surface area contributed by atoms with Gasteiger partial charge in [-0.05, 0) is 12.1 Å². The van der Waals surface area contributed by atoms with Gasteiger partial charge in [0.05, 0.1) is 10.9 Å². The molecule has 0 atom stereocenters. The van der Waals surface area contributed by atoms with Gasteiger partial charge >= 0.3 is 0 Å². The first-order valence-corrected chi connectivity index (χ1v) is 6.20. The van der Waals surface area contributed by atoms with Crippen LogP contribution in [0.25, 0.3) is 6.20 Å². The van der Waals surface area contributed by atoms with Crippen LogP contribution in [0.4, 0.5) is 0 Å². The number of primary amides is 1.